The van der Waals surface area contributed by atoms with E-state index in [9.17, 15) is 4.39 Å². The molecule has 0 aromatic heterocycles. The fourth-order valence-electron chi connectivity index (χ4n) is 1.82. The highest BCUT2D eigenvalue weighted by atomic mass is 79.9. The molecule has 0 saturated heterocycles. The van der Waals surface area contributed by atoms with E-state index in [0.29, 0.717) is 16.8 Å². The van der Waals surface area contributed by atoms with Crippen LogP contribution in [0.4, 0.5) is 4.39 Å². The third-order valence-corrected chi connectivity index (χ3v) is 3.53. The van der Waals surface area contributed by atoms with Crippen molar-refractivity contribution >= 4 is 15.9 Å². The molecular weight excluding hydrogens is 295 g/mol. The summed E-state index contributed by atoms with van der Waals surface area (Å²) in [5.74, 6) is 0.375. The molecule has 2 rings (SSSR count). The first kappa shape index (κ1) is 13.1. The van der Waals surface area contributed by atoms with Gasteiger partial charge in [0.15, 0.2) is 0 Å². The second-order valence-electron chi connectivity index (χ2n) is 4.23. The normalized spacial score (nSPS) is 10.4. The van der Waals surface area contributed by atoms with Gasteiger partial charge in [-0.1, -0.05) is 18.2 Å². The van der Waals surface area contributed by atoms with Crippen molar-refractivity contribution in [3.8, 4) is 5.75 Å². The van der Waals surface area contributed by atoms with Crippen molar-refractivity contribution in [1.29, 1.82) is 0 Å². The molecule has 18 heavy (non-hydrogen) atoms. The summed E-state index contributed by atoms with van der Waals surface area (Å²) in [7, 11) is 0. The second kappa shape index (κ2) is 5.53. The Bertz CT molecular complexity index is 546. The lowest BCUT2D eigenvalue weighted by Crippen LogP contribution is -2.01. The average Bonchev–Trinajstić information content (AvgIpc) is 2.31. The van der Waals surface area contributed by atoms with Crippen molar-refractivity contribution in [3.05, 3.63) is 63.4 Å². The monoisotopic (exact) mass is 308 g/mol. The summed E-state index contributed by atoms with van der Waals surface area (Å²) in [4.78, 5) is 0. The van der Waals surface area contributed by atoms with Crippen LogP contribution in [0.2, 0.25) is 0 Å². The van der Waals surface area contributed by atoms with Crippen molar-refractivity contribution in [1.82, 2.24) is 0 Å². The van der Waals surface area contributed by atoms with Gasteiger partial charge in [0.25, 0.3) is 0 Å². The van der Waals surface area contributed by atoms with E-state index in [4.69, 9.17) is 4.74 Å². The lowest BCUT2D eigenvalue weighted by Gasteiger charge is -2.12. The van der Waals surface area contributed by atoms with E-state index in [1.54, 1.807) is 6.07 Å². The highest BCUT2D eigenvalue weighted by molar-refractivity contribution is 9.10. The van der Waals surface area contributed by atoms with Gasteiger partial charge in [-0.3, -0.25) is 0 Å². The van der Waals surface area contributed by atoms with E-state index >= 15 is 0 Å². The summed E-state index contributed by atoms with van der Waals surface area (Å²) in [5, 5.41) is 0. The van der Waals surface area contributed by atoms with Crippen molar-refractivity contribution < 1.29 is 9.13 Å². The van der Waals surface area contributed by atoms with E-state index in [1.165, 1.54) is 28.8 Å². The topological polar surface area (TPSA) is 9.23 Å². The van der Waals surface area contributed by atoms with E-state index in [2.05, 4.69) is 41.9 Å². The summed E-state index contributed by atoms with van der Waals surface area (Å²) < 4.78 is 19.3. The molecule has 0 bridgehead atoms. The fourth-order valence-corrected chi connectivity index (χ4v) is 2.28. The third-order valence-electron chi connectivity index (χ3n) is 2.91. The number of benzene rings is 2. The molecule has 1 nitrogen and oxygen atoms in total. The molecule has 0 aliphatic heterocycles. The smallest absolute Gasteiger partial charge is 0.134 e. The molecule has 0 aliphatic rings. The van der Waals surface area contributed by atoms with Crippen molar-refractivity contribution in [2.45, 2.75) is 20.5 Å². The molecule has 2 aromatic carbocycles. The lowest BCUT2D eigenvalue weighted by molar-refractivity contribution is 0.302. The number of hydrogen-bond acceptors (Lipinski definition) is 1. The molecule has 0 N–H and O–H groups in total. The van der Waals surface area contributed by atoms with Crippen LogP contribution in [0.1, 0.15) is 16.7 Å². The first-order chi connectivity index (χ1) is 8.58. The Morgan fingerprint density at radius 1 is 1.11 bits per heavy atom. The first-order valence-corrected chi connectivity index (χ1v) is 6.50. The molecule has 2 aromatic rings. The minimum Gasteiger partial charge on any atom is -0.488 e. The van der Waals surface area contributed by atoms with Crippen LogP contribution in [-0.4, -0.2) is 0 Å². The van der Waals surface area contributed by atoms with Gasteiger partial charge in [-0.25, -0.2) is 4.39 Å². The average molecular weight is 309 g/mol. The second-order valence-corrected chi connectivity index (χ2v) is 5.09. The van der Waals surface area contributed by atoms with Crippen LogP contribution in [-0.2, 0) is 6.61 Å². The molecule has 0 heterocycles. The highest BCUT2D eigenvalue weighted by Crippen LogP contribution is 2.27. The maximum atomic E-state index is 13.0. The molecule has 3 heteroatoms. The largest absolute Gasteiger partial charge is 0.488 e. The Kier molecular flexibility index (Phi) is 4.02. The van der Waals surface area contributed by atoms with Gasteiger partial charge in [0, 0.05) is 0 Å². The van der Waals surface area contributed by atoms with Gasteiger partial charge < -0.3 is 4.74 Å². The Morgan fingerprint density at radius 2 is 1.78 bits per heavy atom. The molecule has 0 spiro atoms. The number of hydrogen-bond donors (Lipinski definition) is 0. The fraction of sp³-hybridized carbons (Fsp3) is 0.200. The molecule has 0 aliphatic carbocycles. The Morgan fingerprint density at radius 3 is 2.39 bits per heavy atom. The number of halogens is 2. The van der Waals surface area contributed by atoms with Crippen LogP contribution < -0.4 is 4.74 Å². The first-order valence-electron chi connectivity index (χ1n) is 5.71. The van der Waals surface area contributed by atoms with Crippen LogP contribution >= 0.6 is 15.9 Å². The number of aryl methyl sites for hydroxylation is 2. The SMILES string of the molecule is Cc1cccc(C)c1COc1ccc(F)cc1Br. The maximum absolute atomic E-state index is 13.0. The van der Waals surface area contributed by atoms with Gasteiger partial charge >= 0.3 is 0 Å². The van der Waals surface area contributed by atoms with Crippen molar-refractivity contribution in [2.75, 3.05) is 0 Å². The Hall–Kier alpha value is -1.35. The van der Waals surface area contributed by atoms with Crippen LogP contribution in [0, 0.1) is 19.7 Å². The van der Waals surface area contributed by atoms with E-state index < -0.39 is 0 Å². The zero-order chi connectivity index (χ0) is 13.1. The van der Waals surface area contributed by atoms with E-state index in [-0.39, 0.29) is 5.82 Å². The molecule has 0 saturated carbocycles. The van der Waals surface area contributed by atoms with Crippen molar-refractivity contribution in [2.24, 2.45) is 0 Å². The molecule has 0 radical (unpaired) electrons. The van der Waals surface area contributed by atoms with Crippen molar-refractivity contribution in [3.63, 3.8) is 0 Å². The highest BCUT2D eigenvalue weighted by Gasteiger charge is 2.06. The molecule has 0 amide bonds. The summed E-state index contributed by atoms with van der Waals surface area (Å²) in [6, 6.07) is 10.6. The standard InChI is InChI=1S/C15H14BrFO/c1-10-4-3-5-11(2)13(10)9-18-15-7-6-12(17)8-14(15)16/h3-8H,9H2,1-2H3. The molecular formula is C15H14BrFO. The van der Waals surface area contributed by atoms with Gasteiger partial charge in [0.1, 0.15) is 18.2 Å². The summed E-state index contributed by atoms with van der Waals surface area (Å²) in [6.07, 6.45) is 0. The van der Waals surface area contributed by atoms with Crippen LogP contribution in [0.5, 0.6) is 5.75 Å². The van der Waals surface area contributed by atoms with Gasteiger partial charge in [-0.15, -0.1) is 0 Å². The predicted molar refractivity (Wildman–Crippen MR) is 74.3 cm³/mol. The van der Waals surface area contributed by atoms with Crippen LogP contribution in [0.25, 0.3) is 0 Å². The van der Waals surface area contributed by atoms with Gasteiger partial charge in [0.2, 0.25) is 0 Å². The minimum absolute atomic E-state index is 0.277. The van der Waals surface area contributed by atoms with Gasteiger partial charge in [0.05, 0.1) is 4.47 Å². The molecule has 0 fully saturated rings. The molecule has 0 unspecified atom stereocenters. The van der Waals surface area contributed by atoms with Gasteiger partial charge in [-0.05, 0) is 64.7 Å². The number of rotatable bonds is 3. The Balaban J connectivity index is 2.16. The third kappa shape index (κ3) is 2.91. The lowest BCUT2D eigenvalue weighted by atomic mass is 10.0. The minimum atomic E-state index is -0.277. The van der Waals surface area contributed by atoms with E-state index in [0.717, 1.165) is 0 Å². The summed E-state index contributed by atoms with van der Waals surface area (Å²) in [6.45, 7) is 4.61. The van der Waals surface area contributed by atoms with Crippen LogP contribution in [0.15, 0.2) is 40.9 Å². The van der Waals surface area contributed by atoms with Gasteiger partial charge in [-0.2, -0.15) is 0 Å². The van der Waals surface area contributed by atoms with E-state index in [1.807, 2.05) is 6.07 Å². The zero-order valence-corrected chi connectivity index (χ0v) is 11.9. The molecule has 0 atom stereocenters. The maximum Gasteiger partial charge on any atom is 0.134 e. The number of ether oxygens (including phenoxy) is 1. The van der Waals surface area contributed by atoms with Crippen LogP contribution in [0.3, 0.4) is 0 Å². The summed E-state index contributed by atoms with van der Waals surface area (Å²) >= 11 is 3.29. The summed E-state index contributed by atoms with van der Waals surface area (Å²) in [5.41, 5.74) is 3.58. The zero-order valence-electron chi connectivity index (χ0n) is 10.3. The quantitative estimate of drug-likeness (QED) is 0.792. The molecule has 94 valence electrons. The Labute approximate surface area is 115 Å². The predicted octanol–water partition coefficient (Wildman–Crippen LogP) is 4.78.